The summed E-state index contributed by atoms with van der Waals surface area (Å²) in [5.41, 5.74) is 0. The first-order chi connectivity index (χ1) is 6.33. The second-order valence-electron chi connectivity index (χ2n) is 3.35. The van der Waals surface area contributed by atoms with E-state index in [-0.39, 0.29) is 5.91 Å². The minimum absolute atomic E-state index is 0.0592. The fourth-order valence-corrected chi connectivity index (χ4v) is 1.20. The monoisotopic (exact) mass is 186 g/mol. The maximum Gasteiger partial charge on any atom is 0.234 e. The van der Waals surface area contributed by atoms with Gasteiger partial charge in [-0.15, -0.1) is 0 Å². The van der Waals surface area contributed by atoms with E-state index in [0.717, 1.165) is 0 Å². The first kappa shape index (κ1) is 10.5. The van der Waals surface area contributed by atoms with Gasteiger partial charge in [-0.05, 0) is 12.8 Å². The Kier molecular flexibility index (Phi) is 4.78. The van der Waals surface area contributed by atoms with Crippen molar-refractivity contribution in [1.29, 1.82) is 0 Å². The van der Waals surface area contributed by atoms with Crippen molar-refractivity contribution in [2.75, 3.05) is 26.8 Å². The molecule has 1 aliphatic carbocycles. The average molecular weight is 186 g/mol. The van der Waals surface area contributed by atoms with E-state index in [2.05, 4.69) is 10.6 Å². The van der Waals surface area contributed by atoms with Crippen LogP contribution in [0.4, 0.5) is 0 Å². The molecule has 0 spiro atoms. The van der Waals surface area contributed by atoms with Crippen molar-refractivity contribution >= 4 is 5.91 Å². The second kappa shape index (κ2) is 5.94. The van der Waals surface area contributed by atoms with E-state index in [1.165, 1.54) is 19.3 Å². The summed E-state index contributed by atoms with van der Waals surface area (Å²) in [4.78, 5) is 11.1. The predicted octanol–water partition coefficient (Wildman–Crippen LogP) is -0.109. The molecular formula is C9H18N2O2. The molecule has 2 N–H and O–H groups in total. The largest absolute Gasteiger partial charge is 0.383 e. The molecule has 0 radical (unpaired) electrons. The lowest BCUT2D eigenvalue weighted by Gasteiger charge is -2.26. The fraction of sp³-hybridized carbons (Fsp3) is 0.889. The smallest absolute Gasteiger partial charge is 0.234 e. The lowest BCUT2D eigenvalue weighted by Crippen LogP contribution is -2.42. The van der Waals surface area contributed by atoms with Gasteiger partial charge in [-0.2, -0.15) is 0 Å². The Balaban J connectivity index is 1.90. The molecule has 0 atom stereocenters. The Labute approximate surface area is 79.0 Å². The Morgan fingerprint density at radius 1 is 1.54 bits per heavy atom. The molecule has 0 unspecified atom stereocenters. The fourth-order valence-electron chi connectivity index (χ4n) is 1.20. The molecule has 1 saturated carbocycles. The average Bonchev–Trinajstić information content (AvgIpc) is 2.02. The molecule has 4 nitrogen and oxygen atoms in total. The van der Waals surface area contributed by atoms with Crippen LogP contribution in [0.15, 0.2) is 0 Å². The third-order valence-electron chi connectivity index (χ3n) is 2.28. The maximum atomic E-state index is 11.1. The van der Waals surface area contributed by atoms with Gasteiger partial charge in [-0.25, -0.2) is 0 Å². The van der Waals surface area contributed by atoms with Crippen molar-refractivity contribution in [3.8, 4) is 0 Å². The number of hydrogen-bond donors (Lipinski definition) is 2. The highest BCUT2D eigenvalue weighted by molar-refractivity contribution is 5.77. The summed E-state index contributed by atoms with van der Waals surface area (Å²) in [5.74, 6) is 0.0592. The first-order valence-corrected chi connectivity index (χ1v) is 4.82. The number of carbonyl (C=O) groups is 1. The molecule has 1 amide bonds. The SMILES string of the molecule is COCCNC(=O)CNC1CCC1. The summed E-state index contributed by atoms with van der Waals surface area (Å²) in [6.45, 7) is 1.62. The van der Waals surface area contributed by atoms with Crippen LogP contribution in [0, 0.1) is 0 Å². The van der Waals surface area contributed by atoms with Crippen LogP contribution >= 0.6 is 0 Å². The van der Waals surface area contributed by atoms with Gasteiger partial charge in [0.1, 0.15) is 0 Å². The number of rotatable bonds is 6. The van der Waals surface area contributed by atoms with E-state index >= 15 is 0 Å². The Morgan fingerprint density at radius 3 is 2.85 bits per heavy atom. The van der Waals surface area contributed by atoms with E-state index in [1.807, 2.05) is 0 Å². The van der Waals surface area contributed by atoms with Crippen molar-refractivity contribution in [3.05, 3.63) is 0 Å². The van der Waals surface area contributed by atoms with Crippen LogP contribution < -0.4 is 10.6 Å². The molecule has 0 aromatic heterocycles. The molecule has 76 valence electrons. The number of carbonyl (C=O) groups excluding carboxylic acids is 1. The lowest BCUT2D eigenvalue weighted by molar-refractivity contribution is -0.120. The molecule has 4 heteroatoms. The summed E-state index contributed by atoms with van der Waals surface area (Å²) >= 11 is 0. The highest BCUT2D eigenvalue weighted by Crippen LogP contribution is 2.17. The van der Waals surface area contributed by atoms with Crippen molar-refractivity contribution in [2.45, 2.75) is 25.3 Å². The third-order valence-corrected chi connectivity index (χ3v) is 2.28. The van der Waals surface area contributed by atoms with Gasteiger partial charge >= 0.3 is 0 Å². The first-order valence-electron chi connectivity index (χ1n) is 4.82. The molecule has 0 saturated heterocycles. The van der Waals surface area contributed by atoms with Gasteiger partial charge in [0.15, 0.2) is 0 Å². The zero-order valence-electron chi connectivity index (χ0n) is 8.14. The van der Waals surface area contributed by atoms with Gasteiger partial charge in [-0.3, -0.25) is 4.79 Å². The summed E-state index contributed by atoms with van der Waals surface area (Å²) < 4.78 is 4.82. The van der Waals surface area contributed by atoms with Gasteiger partial charge < -0.3 is 15.4 Å². The second-order valence-corrected chi connectivity index (χ2v) is 3.35. The van der Waals surface area contributed by atoms with Crippen LogP contribution in [0.25, 0.3) is 0 Å². The number of methoxy groups -OCH3 is 1. The van der Waals surface area contributed by atoms with Crippen LogP contribution in [0.3, 0.4) is 0 Å². The van der Waals surface area contributed by atoms with Crippen molar-refractivity contribution < 1.29 is 9.53 Å². The van der Waals surface area contributed by atoms with Crippen LogP contribution in [0.2, 0.25) is 0 Å². The molecule has 13 heavy (non-hydrogen) atoms. The molecule has 0 bridgehead atoms. The quantitative estimate of drug-likeness (QED) is 0.569. The molecule has 0 aromatic rings. The molecule has 1 fully saturated rings. The number of amides is 1. The van der Waals surface area contributed by atoms with Crippen LogP contribution in [0.1, 0.15) is 19.3 Å². The van der Waals surface area contributed by atoms with Crippen molar-refractivity contribution in [1.82, 2.24) is 10.6 Å². The van der Waals surface area contributed by atoms with E-state index < -0.39 is 0 Å². The molecular weight excluding hydrogens is 168 g/mol. The van der Waals surface area contributed by atoms with E-state index in [4.69, 9.17) is 4.74 Å². The Morgan fingerprint density at radius 2 is 2.31 bits per heavy atom. The van der Waals surface area contributed by atoms with Crippen LogP contribution in [-0.2, 0) is 9.53 Å². The Hall–Kier alpha value is -0.610. The number of ether oxygens (including phenoxy) is 1. The zero-order valence-corrected chi connectivity index (χ0v) is 8.14. The van der Waals surface area contributed by atoms with Gasteiger partial charge in [0.2, 0.25) is 5.91 Å². The zero-order chi connectivity index (χ0) is 9.52. The summed E-state index contributed by atoms with van der Waals surface area (Å²) in [7, 11) is 1.62. The van der Waals surface area contributed by atoms with Crippen LogP contribution in [-0.4, -0.2) is 38.8 Å². The van der Waals surface area contributed by atoms with Crippen molar-refractivity contribution in [3.63, 3.8) is 0 Å². The van der Waals surface area contributed by atoms with E-state index in [0.29, 0.717) is 25.7 Å². The summed E-state index contributed by atoms with van der Waals surface area (Å²) in [6, 6.07) is 0.577. The summed E-state index contributed by atoms with van der Waals surface area (Å²) in [5, 5.41) is 5.95. The third kappa shape index (κ3) is 4.24. The predicted molar refractivity (Wildman–Crippen MR) is 50.5 cm³/mol. The molecule has 1 rings (SSSR count). The topological polar surface area (TPSA) is 50.4 Å². The standard InChI is InChI=1S/C9H18N2O2/c1-13-6-5-10-9(12)7-11-8-3-2-4-8/h8,11H,2-7H2,1H3,(H,10,12). The van der Waals surface area contributed by atoms with E-state index in [1.54, 1.807) is 7.11 Å². The molecule has 0 aliphatic heterocycles. The van der Waals surface area contributed by atoms with Crippen molar-refractivity contribution in [2.24, 2.45) is 0 Å². The summed E-state index contributed by atoms with van der Waals surface area (Å²) in [6.07, 6.45) is 3.72. The molecule has 0 aromatic carbocycles. The number of hydrogen-bond acceptors (Lipinski definition) is 3. The highest BCUT2D eigenvalue weighted by Gasteiger charge is 2.16. The van der Waals surface area contributed by atoms with Gasteiger partial charge in [0.25, 0.3) is 0 Å². The lowest BCUT2D eigenvalue weighted by atomic mass is 9.93. The number of nitrogens with one attached hydrogen (secondary N) is 2. The Bertz CT molecular complexity index is 158. The van der Waals surface area contributed by atoms with Gasteiger partial charge in [0.05, 0.1) is 13.2 Å². The highest BCUT2D eigenvalue weighted by atomic mass is 16.5. The maximum absolute atomic E-state index is 11.1. The van der Waals surface area contributed by atoms with Crippen LogP contribution in [0.5, 0.6) is 0 Å². The minimum Gasteiger partial charge on any atom is -0.383 e. The minimum atomic E-state index is 0.0592. The van der Waals surface area contributed by atoms with Gasteiger partial charge in [-0.1, -0.05) is 6.42 Å². The van der Waals surface area contributed by atoms with E-state index in [9.17, 15) is 4.79 Å². The normalized spacial score (nSPS) is 16.7. The van der Waals surface area contributed by atoms with Gasteiger partial charge in [0, 0.05) is 19.7 Å². The molecule has 0 heterocycles. The molecule has 1 aliphatic rings.